The Labute approximate surface area is 117 Å². The number of hydrogen-bond donors (Lipinski definition) is 1. The Hall–Kier alpha value is -0.870. The first-order valence-corrected chi connectivity index (χ1v) is 7.04. The summed E-state index contributed by atoms with van der Waals surface area (Å²) in [5, 5.41) is 3.30. The lowest BCUT2D eigenvalue weighted by molar-refractivity contribution is -0.123. The van der Waals surface area contributed by atoms with Gasteiger partial charge in [0.1, 0.15) is 0 Å². The minimum absolute atomic E-state index is 0.140. The Morgan fingerprint density at radius 1 is 1.39 bits per heavy atom. The first-order chi connectivity index (χ1) is 8.42. The third-order valence-corrected chi connectivity index (χ3v) is 4.25. The van der Waals surface area contributed by atoms with Gasteiger partial charge in [0.2, 0.25) is 5.91 Å². The molecule has 3 nitrogen and oxygen atoms in total. The van der Waals surface area contributed by atoms with E-state index in [-0.39, 0.29) is 5.91 Å². The molecule has 4 heteroatoms. The first-order valence-electron chi connectivity index (χ1n) is 6.25. The molecule has 18 heavy (non-hydrogen) atoms. The van der Waals surface area contributed by atoms with Gasteiger partial charge in [-0.15, -0.1) is 0 Å². The van der Waals surface area contributed by atoms with E-state index in [1.165, 1.54) is 0 Å². The summed E-state index contributed by atoms with van der Waals surface area (Å²) in [7, 11) is 0. The number of carbonyl (C=O) groups excluding carboxylic acids is 1. The molecule has 1 fully saturated rings. The third kappa shape index (κ3) is 2.59. The maximum absolute atomic E-state index is 12.5. The summed E-state index contributed by atoms with van der Waals surface area (Å²) in [5.74, 6) is 0.140. The van der Waals surface area contributed by atoms with Gasteiger partial charge in [-0.1, -0.05) is 15.9 Å². The molecule has 0 aromatic heterocycles. The van der Waals surface area contributed by atoms with E-state index in [0.29, 0.717) is 0 Å². The second-order valence-electron chi connectivity index (χ2n) is 5.30. The molecular formula is C14H19BrN2O. The molecule has 1 saturated heterocycles. The summed E-state index contributed by atoms with van der Waals surface area (Å²) < 4.78 is 1.07. The van der Waals surface area contributed by atoms with E-state index in [9.17, 15) is 4.79 Å². The predicted molar refractivity (Wildman–Crippen MR) is 77.9 cm³/mol. The van der Waals surface area contributed by atoms with E-state index >= 15 is 0 Å². The molecule has 2 rings (SSSR count). The minimum Gasteiger partial charge on any atom is -0.311 e. The predicted octanol–water partition coefficient (Wildman–Crippen LogP) is 2.86. The van der Waals surface area contributed by atoms with Gasteiger partial charge in [-0.05, 0) is 57.5 Å². The average molecular weight is 311 g/mol. The van der Waals surface area contributed by atoms with Crippen molar-refractivity contribution in [2.75, 3.05) is 18.0 Å². The molecule has 1 heterocycles. The van der Waals surface area contributed by atoms with Gasteiger partial charge in [0.25, 0.3) is 0 Å². The van der Waals surface area contributed by atoms with E-state index < -0.39 is 5.54 Å². The van der Waals surface area contributed by atoms with Gasteiger partial charge in [0.05, 0.1) is 5.54 Å². The SMILES string of the molecule is Cc1cc(N2CCCNC(C)(C)C2=O)ccc1Br. The monoisotopic (exact) mass is 310 g/mol. The van der Waals surface area contributed by atoms with Crippen LogP contribution in [0.4, 0.5) is 5.69 Å². The molecule has 1 amide bonds. The molecule has 98 valence electrons. The lowest BCUT2D eigenvalue weighted by Gasteiger charge is -2.29. The maximum atomic E-state index is 12.5. The van der Waals surface area contributed by atoms with Crippen LogP contribution in [0, 0.1) is 6.92 Å². The van der Waals surface area contributed by atoms with Crippen LogP contribution in [0.15, 0.2) is 22.7 Å². The van der Waals surface area contributed by atoms with E-state index in [1.54, 1.807) is 0 Å². The Morgan fingerprint density at radius 2 is 2.11 bits per heavy atom. The molecule has 0 spiro atoms. The van der Waals surface area contributed by atoms with Crippen molar-refractivity contribution in [3.63, 3.8) is 0 Å². The summed E-state index contributed by atoms with van der Waals surface area (Å²) in [6.07, 6.45) is 0.976. The molecule has 1 aromatic rings. The standard InChI is InChI=1S/C14H19BrN2O/c1-10-9-11(5-6-12(10)15)17-8-4-7-16-14(2,3)13(17)18/h5-6,9,16H,4,7-8H2,1-3H3. The fraction of sp³-hybridized carbons (Fsp3) is 0.500. The van der Waals surface area contributed by atoms with E-state index in [1.807, 2.05) is 37.8 Å². The van der Waals surface area contributed by atoms with Crippen LogP contribution >= 0.6 is 15.9 Å². The number of nitrogens with zero attached hydrogens (tertiary/aromatic N) is 1. The Morgan fingerprint density at radius 3 is 2.78 bits per heavy atom. The summed E-state index contributed by atoms with van der Waals surface area (Å²) >= 11 is 3.49. The van der Waals surface area contributed by atoms with Crippen LogP contribution in [0.25, 0.3) is 0 Å². The number of rotatable bonds is 1. The van der Waals surface area contributed by atoms with E-state index in [2.05, 4.69) is 27.3 Å². The van der Waals surface area contributed by atoms with Gasteiger partial charge in [-0.25, -0.2) is 0 Å². The fourth-order valence-electron chi connectivity index (χ4n) is 2.20. The van der Waals surface area contributed by atoms with Crippen LogP contribution in [-0.4, -0.2) is 24.5 Å². The van der Waals surface area contributed by atoms with Gasteiger partial charge in [-0.2, -0.15) is 0 Å². The molecule has 0 saturated carbocycles. The summed E-state index contributed by atoms with van der Waals surface area (Å²) in [4.78, 5) is 14.4. The molecule has 0 atom stereocenters. The molecule has 0 unspecified atom stereocenters. The minimum atomic E-state index is -0.489. The van der Waals surface area contributed by atoms with E-state index in [4.69, 9.17) is 0 Å². The second kappa shape index (κ2) is 5.02. The van der Waals surface area contributed by atoms with Gasteiger partial charge < -0.3 is 10.2 Å². The molecule has 1 N–H and O–H groups in total. The van der Waals surface area contributed by atoms with Crippen LogP contribution in [0.5, 0.6) is 0 Å². The number of nitrogens with one attached hydrogen (secondary N) is 1. The van der Waals surface area contributed by atoms with Crippen LogP contribution in [0.3, 0.4) is 0 Å². The second-order valence-corrected chi connectivity index (χ2v) is 6.15. The highest BCUT2D eigenvalue weighted by molar-refractivity contribution is 9.10. The van der Waals surface area contributed by atoms with Gasteiger partial charge in [-0.3, -0.25) is 4.79 Å². The van der Waals surface area contributed by atoms with Gasteiger partial charge in [0, 0.05) is 16.7 Å². The molecule has 0 radical (unpaired) electrons. The van der Waals surface area contributed by atoms with Crippen molar-refractivity contribution in [2.24, 2.45) is 0 Å². The van der Waals surface area contributed by atoms with Crippen LogP contribution in [-0.2, 0) is 4.79 Å². The summed E-state index contributed by atoms with van der Waals surface area (Å²) in [6.45, 7) is 7.58. The topological polar surface area (TPSA) is 32.3 Å². The number of hydrogen-bond acceptors (Lipinski definition) is 2. The Kier molecular flexibility index (Phi) is 3.78. The highest BCUT2D eigenvalue weighted by Gasteiger charge is 2.34. The maximum Gasteiger partial charge on any atom is 0.246 e. The number of benzene rings is 1. The van der Waals surface area contributed by atoms with Crippen molar-refractivity contribution in [1.82, 2.24) is 5.32 Å². The van der Waals surface area contributed by atoms with E-state index in [0.717, 1.165) is 35.2 Å². The number of aryl methyl sites for hydroxylation is 1. The molecule has 0 aliphatic carbocycles. The van der Waals surface area contributed by atoms with Crippen molar-refractivity contribution in [1.29, 1.82) is 0 Å². The normalized spacial score (nSPS) is 19.8. The number of amides is 1. The molecule has 1 aromatic carbocycles. The van der Waals surface area contributed by atoms with Crippen LogP contribution in [0.2, 0.25) is 0 Å². The number of halogens is 1. The zero-order valence-electron chi connectivity index (χ0n) is 11.1. The van der Waals surface area contributed by atoms with Crippen molar-refractivity contribution in [3.05, 3.63) is 28.2 Å². The summed E-state index contributed by atoms with van der Waals surface area (Å²) in [5.41, 5.74) is 1.64. The average Bonchev–Trinajstić information content (AvgIpc) is 2.44. The van der Waals surface area contributed by atoms with Crippen molar-refractivity contribution in [3.8, 4) is 0 Å². The first kappa shape index (κ1) is 13.6. The van der Waals surface area contributed by atoms with Crippen LogP contribution < -0.4 is 10.2 Å². The van der Waals surface area contributed by atoms with Gasteiger partial charge in [0.15, 0.2) is 0 Å². The fourth-order valence-corrected chi connectivity index (χ4v) is 2.44. The van der Waals surface area contributed by atoms with Crippen molar-refractivity contribution in [2.45, 2.75) is 32.7 Å². The molecule has 0 bridgehead atoms. The zero-order valence-corrected chi connectivity index (χ0v) is 12.7. The zero-order chi connectivity index (χ0) is 13.3. The molecule has 1 aliphatic rings. The van der Waals surface area contributed by atoms with Crippen molar-refractivity contribution < 1.29 is 4.79 Å². The smallest absolute Gasteiger partial charge is 0.246 e. The highest BCUT2D eigenvalue weighted by atomic mass is 79.9. The molecular weight excluding hydrogens is 292 g/mol. The highest BCUT2D eigenvalue weighted by Crippen LogP contribution is 2.26. The lowest BCUT2D eigenvalue weighted by atomic mass is 10.0. The third-order valence-electron chi connectivity index (χ3n) is 3.36. The Balaban J connectivity index is 2.35. The Bertz CT molecular complexity index is 471. The molecule has 1 aliphatic heterocycles. The largest absolute Gasteiger partial charge is 0.311 e. The quantitative estimate of drug-likeness (QED) is 0.865. The van der Waals surface area contributed by atoms with Crippen molar-refractivity contribution >= 4 is 27.5 Å². The van der Waals surface area contributed by atoms with Gasteiger partial charge >= 0.3 is 0 Å². The lowest BCUT2D eigenvalue weighted by Crippen LogP contribution is -2.51. The summed E-state index contributed by atoms with van der Waals surface area (Å²) in [6, 6.07) is 6.06. The number of anilines is 1. The van der Waals surface area contributed by atoms with Crippen LogP contribution in [0.1, 0.15) is 25.8 Å². The number of carbonyl (C=O) groups is 1.